The number of hydrogen-bond acceptors (Lipinski definition) is 17. The van der Waals surface area contributed by atoms with Crippen LogP contribution in [0.1, 0.15) is 119 Å². The SMILES string of the molecule is CC[C@H]1OC(=O)[C@H](C)[C@@H](O[C@H]2C[C@@](C)(OC)[C@@H](O)[C@H](C)O2)[C@H](C)[C@@H](O[C@@H]2O[C@H](C)C[C@H](N(C)CCc3cn(CCCC(F)(F)c4ccc(-c5cccnc5)cc4)nn3)[C@H]2O)[C@](C)(O)C[C@@H](C)CN(C)[C@H](C)[C@@H](O)[C@]1(C)O. The lowest BCUT2D eigenvalue weighted by Gasteiger charge is -2.49. The van der Waals surface area contributed by atoms with Crippen LogP contribution in [0.4, 0.5) is 8.78 Å². The number of pyridine rings is 1. The Morgan fingerprint density at radius 1 is 0.947 bits per heavy atom. The van der Waals surface area contributed by atoms with Crippen LogP contribution in [0.2, 0.25) is 0 Å². The molecule has 3 aromatic rings. The zero-order chi connectivity index (χ0) is 56.1. The molecule has 2 aromatic heterocycles. The molecule has 5 N–H and O–H groups in total. The number of benzene rings is 1. The normalized spacial score (nSPS) is 37.9. The van der Waals surface area contributed by atoms with E-state index in [9.17, 15) is 30.3 Å². The van der Waals surface area contributed by atoms with E-state index in [4.69, 9.17) is 28.4 Å². The van der Waals surface area contributed by atoms with Gasteiger partial charge in [-0.1, -0.05) is 56.3 Å². The minimum Gasteiger partial charge on any atom is -0.459 e. The first-order chi connectivity index (χ1) is 35.6. The summed E-state index contributed by atoms with van der Waals surface area (Å²) in [7, 11) is 5.19. The third-order valence-corrected chi connectivity index (χ3v) is 16.6. The maximum Gasteiger partial charge on any atom is 0.311 e. The third-order valence-electron chi connectivity index (χ3n) is 16.6. The number of carbonyl (C=O) groups excluding carboxylic acids is 1. The van der Waals surface area contributed by atoms with Crippen molar-refractivity contribution in [2.75, 3.05) is 34.3 Å². The molecule has 76 heavy (non-hydrogen) atoms. The second-order valence-corrected chi connectivity index (χ2v) is 23.0. The van der Waals surface area contributed by atoms with E-state index in [2.05, 4.69) is 15.3 Å². The Bertz CT molecular complexity index is 2280. The molecule has 0 saturated carbocycles. The first-order valence-electron chi connectivity index (χ1n) is 27.2. The van der Waals surface area contributed by atoms with Gasteiger partial charge in [-0.25, -0.2) is 8.78 Å². The molecule has 3 aliphatic heterocycles. The van der Waals surface area contributed by atoms with E-state index in [1.807, 2.05) is 43.8 Å². The molecule has 428 valence electrons. The number of aryl methyl sites for hydroxylation is 1. The van der Waals surface area contributed by atoms with Gasteiger partial charge in [0.05, 0.1) is 47.2 Å². The average Bonchev–Trinajstić information content (AvgIpc) is 3.84. The van der Waals surface area contributed by atoms with Crippen molar-refractivity contribution in [2.24, 2.45) is 17.8 Å². The van der Waals surface area contributed by atoms with Crippen LogP contribution in [-0.4, -0.2) is 186 Å². The largest absolute Gasteiger partial charge is 0.459 e. The highest BCUT2D eigenvalue weighted by Crippen LogP contribution is 2.41. The van der Waals surface area contributed by atoms with Gasteiger partial charge in [-0.3, -0.25) is 14.5 Å². The van der Waals surface area contributed by atoms with Crippen LogP contribution >= 0.6 is 0 Å². The molecule has 3 fully saturated rings. The van der Waals surface area contributed by atoms with Gasteiger partial charge in [0.1, 0.15) is 30.0 Å². The van der Waals surface area contributed by atoms with Crippen molar-refractivity contribution in [1.82, 2.24) is 29.8 Å². The van der Waals surface area contributed by atoms with Crippen molar-refractivity contribution in [1.29, 1.82) is 0 Å². The van der Waals surface area contributed by atoms with Gasteiger partial charge in [-0.2, -0.15) is 0 Å². The minimum absolute atomic E-state index is 0.0556. The van der Waals surface area contributed by atoms with Gasteiger partial charge in [0.25, 0.3) is 5.92 Å². The monoisotopic (exact) mass is 1070 g/mol. The van der Waals surface area contributed by atoms with Crippen LogP contribution in [0.25, 0.3) is 11.1 Å². The lowest BCUT2D eigenvalue weighted by molar-refractivity contribution is -0.318. The molecule has 1 aromatic carbocycles. The topological polar surface area (TPSA) is 224 Å². The van der Waals surface area contributed by atoms with E-state index >= 15 is 8.78 Å². The molecule has 0 radical (unpaired) electrons. The highest BCUT2D eigenvalue weighted by atomic mass is 19.3. The minimum atomic E-state index is -3.03. The second kappa shape index (κ2) is 25.6. The van der Waals surface area contributed by atoms with Crippen molar-refractivity contribution in [3.63, 3.8) is 0 Å². The first kappa shape index (κ1) is 61.6. The quantitative estimate of drug-likeness (QED) is 0.108. The van der Waals surface area contributed by atoms with Gasteiger partial charge >= 0.3 is 5.97 Å². The summed E-state index contributed by atoms with van der Waals surface area (Å²) >= 11 is 0. The fourth-order valence-corrected chi connectivity index (χ4v) is 11.7. The predicted molar refractivity (Wildman–Crippen MR) is 280 cm³/mol. The Labute approximate surface area is 448 Å². The molecule has 6 rings (SSSR count). The highest BCUT2D eigenvalue weighted by molar-refractivity contribution is 5.73. The fraction of sp³-hybridized carbons (Fsp3) is 0.750. The number of esters is 1. The number of likely N-dealkylation sites (N-methyl/N-ethyl adjacent to an activating group) is 2. The number of aromatic nitrogens is 4. The first-order valence-corrected chi connectivity index (χ1v) is 27.2. The van der Waals surface area contributed by atoms with Gasteiger partial charge in [-0.15, -0.1) is 5.10 Å². The smallest absolute Gasteiger partial charge is 0.311 e. The molecule has 3 saturated heterocycles. The standard InChI is InChI=1S/C56H88F2N6O12/c1-14-44-55(10,70)48(66)37(6)63(12)31-33(2)28-53(8,69)50(35(4)47(36(5)51(68)74-44)75-45-29-54(9,71-13)49(67)38(7)73-45)76-52-46(65)43(27-34(3)72-52)62(11)26-22-42-32-64(61-60-42)25-16-23-56(57,58)41-20-18-39(19-21-41)40-17-15-24-59-30-40/h15,17-21,24,30,32-38,43-50,52,65-67,69-70H,14,16,22-23,25-29,31H2,1-13H3/t33-,34-,35+,36-,37-,38+,43+,44-,45+,46-,47+,48-,49+,50-,52+,53-,54-,55-/m1/s1. The number of ether oxygens (including phenoxy) is 6. The van der Waals surface area contributed by atoms with E-state index in [1.54, 1.807) is 89.9 Å². The number of halogens is 2. The maximum atomic E-state index is 15.3. The third kappa shape index (κ3) is 14.6. The molecule has 0 aliphatic carbocycles. The average molecular weight is 1080 g/mol. The second-order valence-electron chi connectivity index (χ2n) is 23.0. The molecule has 0 bridgehead atoms. The summed E-state index contributed by atoms with van der Waals surface area (Å²) in [4.78, 5) is 22.5. The maximum absolute atomic E-state index is 15.3. The van der Waals surface area contributed by atoms with Crippen molar-refractivity contribution in [3.8, 4) is 11.1 Å². The number of alkyl halides is 2. The van der Waals surface area contributed by atoms with Gasteiger partial charge in [0.15, 0.2) is 12.6 Å². The zero-order valence-electron chi connectivity index (χ0n) is 47.0. The fourth-order valence-electron chi connectivity index (χ4n) is 11.7. The number of aliphatic hydroxyl groups excluding tert-OH is 3. The van der Waals surface area contributed by atoms with E-state index in [-0.39, 0.29) is 50.1 Å². The van der Waals surface area contributed by atoms with Crippen LogP contribution in [0.5, 0.6) is 0 Å². The summed E-state index contributed by atoms with van der Waals surface area (Å²) in [6, 6.07) is 8.88. The van der Waals surface area contributed by atoms with Crippen LogP contribution in [0.3, 0.4) is 0 Å². The van der Waals surface area contributed by atoms with E-state index < -0.39 is 114 Å². The Morgan fingerprint density at radius 2 is 1.64 bits per heavy atom. The molecule has 20 heteroatoms. The number of carbonyl (C=O) groups is 1. The Morgan fingerprint density at radius 3 is 2.29 bits per heavy atom. The highest BCUT2D eigenvalue weighted by Gasteiger charge is 2.53. The lowest BCUT2D eigenvalue weighted by Crippen LogP contribution is -2.61. The number of methoxy groups -OCH3 is 1. The Kier molecular flexibility index (Phi) is 20.8. The van der Waals surface area contributed by atoms with Crippen LogP contribution in [-0.2, 0) is 52.1 Å². The number of rotatable bonds is 16. The zero-order valence-corrected chi connectivity index (χ0v) is 47.0. The Balaban J connectivity index is 1.19. The molecule has 18 atom stereocenters. The molecular weight excluding hydrogens is 987 g/mol. The number of cyclic esters (lactones) is 1. The Hall–Kier alpha value is -3.64. The van der Waals surface area contributed by atoms with Crippen molar-refractivity contribution >= 4 is 5.97 Å². The summed E-state index contributed by atoms with van der Waals surface area (Å²) in [6.45, 7) is 18.5. The molecule has 0 spiro atoms. The molecule has 18 nitrogen and oxygen atoms in total. The van der Waals surface area contributed by atoms with Crippen molar-refractivity contribution < 1.29 is 67.5 Å². The number of aliphatic hydroxyl groups is 5. The van der Waals surface area contributed by atoms with Crippen LogP contribution in [0, 0.1) is 17.8 Å². The van der Waals surface area contributed by atoms with Crippen LogP contribution < -0.4 is 0 Å². The van der Waals surface area contributed by atoms with Crippen LogP contribution in [0.15, 0.2) is 55.0 Å². The van der Waals surface area contributed by atoms with E-state index in [0.717, 1.165) is 11.1 Å². The summed E-state index contributed by atoms with van der Waals surface area (Å²) in [5, 5.41) is 68.3. The molecular formula is C56H88F2N6O12. The molecule has 0 unspecified atom stereocenters. The predicted octanol–water partition coefficient (Wildman–Crippen LogP) is 5.74. The van der Waals surface area contributed by atoms with Gasteiger partial charge < -0.3 is 63.8 Å². The molecule has 0 amide bonds. The van der Waals surface area contributed by atoms with Gasteiger partial charge in [0, 0.05) is 88.2 Å². The summed E-state index contributed by atoms with van der Waals surface area (Å²) < 4.78 is 70.4. The van der Waals surface area contributed by atoms with E-state index in [1.165, 1.54) is 26.2 Å². The molecule has 5 heterocycles. The number of hydrogen-bond donors (Lipinski definition) is 5. The van der Waals surface area contributed by atoms with Gasteiger partial charge in [-0.05, 0) is 111 Å². The lowest BCUT2D eigenvalue weighted by atomic mass is 9.77. The van der Waals surface area contributed by atoms with E-state index in [0.29, 0.717) is 31.6 Å². The van der Waals surface area contributed by atoms with Gasteiger partial charge in [0.2, 0.25) is 0 Å². The number of nitrogens with zero attached hydrogens (tertiary/aromatic N) is 6. The summed E-state index contributed by atoms with van der Waals surface area (Å²) in [5.74, 6) is -5.92. The summed E-state index contributed by atoms with van der Waals surface area (Å²) in [5.41, 5.74) is -2.35. The molecule has 3 aliphatic rings. The summed E-state index contributed by atoms with van der Waals surface area (Å²) in [6.07, 6.45) is -4.14. The van der Waals surface area contributed by atoms with Crippen molar-refractivity contribution in [3.05, 3.63) is 66.2 Å². The van der Waals surface area contributed by atoms with Crippen molar-refractivity contribution in [2.45, 2.75) is 217 Å².